The fourth-order valence-corrected chi connectivity index (χ4v) is 9.68. The second-order valence-corrected chi connectivity index (χ2v) is 14.5. The maximum absolute atomic E-state index is 6.38. The van der Waals surface area contributed by atoms with Crippen LogP contribution >= 0.6 is 0 Å². The molecule has 3 aliphatic rings. The van der Waals surface area contributed by atoms with Crippen molar-refractivity contribution in [3.63, 3.8) is 0 Å². The smallest absolute Gasteiger partial charge is 0.108 e. The molecule has 0 amide bonds. The van der Waals surface area contributed by atoms with Crippen molar-refractivity contribution in [1.29, 1.82) is 0 Å². The predicted octanol–water partition coefficient (Wildman–Crippen LogP) is 8.46. The van der Waals surface area contributed by atoms with Gasteiger partial charge in [0.05, 0.1) is 18.9 Å². The second-order valence-electron chi connectivity index (χ2n) is 14.5. The summed E-state index contributed by atoms with van der Waals surface area (Å²) in [7, 11) is 1.92. The molecule has 0 aliphatic heterocycles. The van der Waals surface area contributed by atoms with Gasteiger partial charge in [0.2, 0.25) is 0 Å². The lowest BCUT2D eigenvalue weighted by molar-refractivity contribution is -0.113. The van der Waals surface area contributed by atoms with E-state index < -0.39 is 0 Å². The lowest BCUT2D eigenvalue weighted by atomic mass is 9.48. The van der Waals surface area contributed by atoms with Crippen LogP contribution in [0, 0.1) is 52.3 Å². The van der Waals surface area contributed by atoms with E-state index in [1.165, 1.54) is 70.6 Å². The van der Waals surface area contributed by atoms with Crippen LogP contribution in [0.1, 0.15) is 125 Å². The number of fused-ring (bicyclic) bond motifs is 1. The van der Waals surface area contributed by atoms with E-state index in [4.69, 9.17) is 4.74 Å². The third-order valence-corrected chi connectivity index (χ3v) is 11.6. The number of hydrogen-bond acceptors (Lipinski definition) is 3. The maximum atomic E-state index is 6.38. The summed E-state index contributed by atoms with van der Waals surface area (Å²) < 4.78 is 8.15. The van der Waals surface area contributed by atoms with Crippen LogP contribution in [-0.2, 0) is 18.4 Å². The highest BCUT2D eigenvalue weighted by Crippen LogP contribution is 2.63. The third-order valence-electron chi connectivity index (χ3n) is 11.6. The summed E-state index contributed by atoms with van der Waals surface area (Å²) in [5.41, 5.74) is 1.92. The zero-order valence-electron chi connectivity index (χ0n) is 24.9. The second kappa shape index (κ2) is 11.5. The first kappa shape index (κ1) is 28.1. The highest BCUT2D eigenvalue weighted by molar-refractivity contribution is 5.05. The number of ether oxygens (including phenoxy) is 1. The molecule has 4 unspecified atom stereocenters. The fraction of sp³-hybridized carbons (Fsp3) is 0.938. The van der Waals surface area contributed by atoms with E-state index in [1.807, 2.05) is 13.2 Å². The first-order valence-electron chi connectivity index (χ1n) is 15.5. The topological polar surface area (TPSA) is 39.9 Å². The van der Waals surface area contributed by atoms with Gasteiger partial charge in [-0.1, -0.05) is 79.4 Å². The Balaban J connectivity index is 1.38. The Bertz CT molecular complexity index is 831. The van der Waals surface area contributed by atoms with Gasteiger partial charge in [0.15, 0.2) is 0 Å². The van der Waals surface area contributed by atoms with E-state index in [0.29, 0.717) is 23.5 Å². The number of hydrogen-bond donors (Lipinski definition) is 0. The molecule has 0 bridgehead atoms. The Kier molecular flexibility index (Phi) is 8.95. The van der Waals surface area contributed by atoms with E-state index in [0.717, 1.165) is 47.1 Å². The average molecular weight is 500 g/mol. The monoisotopic (exact) mass is 499 g/mol. The molecule has 4 rings (SSSR count). The Hall–Kier alpha value is -0.900. The van der Waals surface area contributed by atoms with Gasteiger partial charge in [0, 0.05) is 7.05 Å². The van der Waals surface area contributed by atoms with Crippen molar-refractivity contribution in [2.45, 2.75) is 132 Å². The van der Waals surface area contributed by atoms with Crippen LogP contribution in [-0.4, -0.2) is 21.1 Å². The van der Waals surface area contributed by atoms with E-state index in [2.05, 4.69) is 58.8 Å². The fourth-order valence-electron chi connectivity index (χ4n) is 9.68. The van der Waals surface area contributed by atoms with Gasteiger partial charge in [-0.15, -0.1) is 5.10 Å². The lowest BCUT2D eigenvalue weighted by Crippen LogP contribution is -2.51. The van der Waals surface area contributed by atoms with Crippen molar-refractivity contribution in [3.8, 4) is 0 Å². The van der Waals surface area contributed by atoms with Crippen LogP contribution in [0.3, 0.4) is 0 Å². The summed E-state index contributed by atoms with van der Waals surface area (Å²) in [5, 5.41) is 8.28. The van der Waals surface area contributed by atoms with Crippen LogP contribution in [0.25, 0.3) is 0 Å². The first-order valence-corrected chi connectivity index (χ1v) is 15.5. The standard InChI is InChI=1S/C32H57N3O/c1-9-28-27(30-16-15-29(31(30,5)6)23(4)12-10-11-22(2)3)14-13-24-19-26(17-18-32(24,28)7)36-21-25-20-35(8)34-33-25/h20,22-24,26-30H,9-19,21H2,1-8H3/t23-,24?,26+,27?,28?,29-,30?,32+/m1/s1. The van der Waals surface area contributed by atoms with Crippen molar-refractivity contribution in [3.05, 3.63) is 11.9 Å². The molecule has 4 heteroatoms. The van der Waals surface area contributed by atoms with Crippen LogP contribution < -0.4 is 0 Å². The minimum Gasteiger partial charge on any atom is -0.372 e. The molecule has 8 atom stereocenters. The third kappa shape index (κ3) is 5.74. The van der Waals surface area contributed by atoms with E-state index in [-0.39, 0.29) is 0 Å². The first-order chi connectivity index (χ1) is 17.1. The van der Waals surface area contributed by atoms with E-state index in [9.17, 15) is 0 Å². The predicted molar refractivity (Wildman–Crippen MR) is 149 cm³/mol. The molecule has 4 nitrogen and oxygen atoms in total. The number of aryl methyl sites for hydroxylation is 1. The highest BCUT2D eigenvalue weighted by Gasteiger charge is 2.56. The van der Waals surface area contributed by atoms with Crippen molar-refractivity contribution in [2.75, 3.05) is 0 Å². The molecular formula is C32H57N3O. The molecule has 1 heterocycles. The van der Waals surface area contributed by atoms with Crippen LogP contribution in [0.15, 0.2) is 6.20 Å². The lowest BCUT2D eigenvalue weighted by Gasteiger charge is -2.57. The van der Waals surface area contributed by atoms with Gasteiger partial charge in [-0.05, 0) is 97.2 Å². The molecule has 3 saturated carbocycles. The maximum Gasteiger partial charge on any atom is 0.108 e. The summed E-state index contributed by atoms with van der Waals surface area (Å²) in [4.78, 5) is 0. The van der Waals surface area contributed by atoms with Crippen LogP contribution in [0.5, 0.6) is 0 Å². The van der Waals surface area contributed by atoms with Crippen LogP contribution in [0.4, 0.5) is 0 Å². The minimum absolute atomic E-state index is 0.387. The van der Waals surface area contributed by atoms with Gasteiger partial charge in [-0.25, -0.2) is 0 Å². The SMILES string of the molecule is CCC1C(C2CC[C@H]([C@H](C)CCCC(C)C)C2(C)C)CCC2C[C@@H](OCc3cn(C)nn3)CC[C@@]21C. The normalized spacial score (nSPS) is 37.2. The summed E-state index contributed by atoms with van der Waals surface area (Å²) in [6.45, 7) is 18.4. The quantitative estimate of drug-likeness (QED) is 0.324. The van der Waals surface area contributed by atoms with Crippen molar-refractivity contribution < 1.29 is 4.74 Å². The van der Waals surface area contributed by atoms with Gasteiger partial charge < -0.3 is 4.74 Å². The largest absolute Gasteiger partial charge is 0.372 e. The van der Waals surface area contributed by atoms with Crippen LogP contribution in [0.2, 0.25) is 0 Å². The Labute approximate surface area is 222 Å². The molecular weight excluding hydrogens is 442 g/mol. The Morgan fingerprint density at radius 3 is 2.50 bits per heavy atom. The van der Waals surface area contributed by atoms with Crippen molar-refractivity contribution in [2.24, 2.45) is 59.3 Å². The molecule has 3 fully saturated rings. The molecule has 36 heavy (non-hydrogen) atoms. The Morgan fingerprint density at radius 1 is 1.06 bits per heavy atom. The van der Waals surface area contributed by atoms with Crippen molar-refractivity contribution >= 4 is 0 Å². The van der Waals surface area contributed by atoms with Gasteiger partial charge >= 0.3 is 0 Å². The van der Waals surface area contributed by atoms with E-state index in [1.54, 1.807) is 4.68 Å². The molecule has 1 aromatic heterocycles. The summed E-state index contributed by atoms with van der Waals surface area (Å²) in [5.74, 6) is 6.13. The molecule has 206 valence electrons. The minimum atomic E-state index is 0.387. The number of rotatable bonds is 10. The van der Waals surface area contributed by atoms with Gasteiger partial charge in [-0.3, -0.25) is 4.68 Å². The number of nitrogens with zero attached hydrogens (tertiary/aromatic N) is 3. The number of aromatic nitrogens is 3. The van der Waals surface area contributed by atoms with Gasteiger partial charge in [0.25, 0.3) is 0 Å². The molecule has 0 saturated heterocycles. The zero-order valence-corrected chi connectivity index (χ0v) is 24.9. The zero-order chi connectivity index (χ0) is 26.1. The molecule has 0 radical (unpaired) electrons. The Morgan fingerprint density at radius 2 is 1.83 bits per heavy atom. The molecule has 0 spiro atoms. The average Bonchev–Trinajstić information content (AvgIpc) is 3.37. The van der Waals surface area contributed by atoms with Gasteiger partial charge in [0.1, 0.15) is 5.69 Å². The summed E-state index contributed by atoms with van der Waals surface area (Å²) in [6, 6.07) is 0. The highest BCUT2D eigenvalue weighted by atomic mass is 16.5. The summed E-state index contributed by atoms with van der Waals surface area (Å²) >= 11 is 0. The molecule has 1 aromatic rings. The summed E-state index contributed by atoms with van der Waals surface area (Å²) in [6.07, 6.45) is 17.5. The molecule has 3 aliphatic carbocycles. The van der Waals surface area contributed by atoms with E-state index >= 15 is 0 Å². The van der Waals surface area contributed by atoms with Crippen molar-refractivity contribution in [1.82, 2.24) is 15.0 Å². The molecule has 0 aromatic carbocycles. The van der Waals surface area contributed by atoms with Gasteiger partial charge in [-0.2, -0.15) is 0 Å². The molecule has 0 N–H and O–H groups in total.